The number of fused-ring (bicyclic) bond motifs is 2. The van der Waals surface area contributed by atoms with Crippen LogP contribution in [0.1, 0.15) is 36.5 Å². The van der Waals surface area contributed by atoms with Gasteiger partial charge in [0.15, 0.2) is 17.3 Å². The van der Waals surface area contributed by atoms with Crippen molar-refractivity contribution in [3.63, 3.8) is 0 Å². The smallest absolute Gasteiger partial charge is 0.353 e. The first-order valence-electron chi connectivity index (χ1n) is 12.0. The lowest BCUT2D eigenvalue weighted by molar-refractivity contribution is -0.172. The number of aryl methyl sites for hydroxylation is 1. The third-order valence-corrected chi connectivity index (χ3v) is 7.65. The zero-order valence-electron chi connectivity index (χ0n) is 20.5. The molecule has 0 bridgehead atoms. The minimum absolute atomic E-state index is 0.0231. The standard InChI is InChI=1S/C25H27F4N7/c1-13(2)18-19-17(33-21(18)16-6-36-22(31-12-32-36)15(4)14(16)3)5-30-23(20(19)26)35-9-24(10-35)7-34(8-24)11-25(27,28)29/h5-6,12-13,33H,7-11H2,1-4H3. The average molecular weight is 502 g/mol. The number of hydrogen-bond acceptors (Lipinski definition) is 5. The minimum atomic E-state index is -4.20. The summed E-state index contributed by atoms with van der Waals surface area (Å²) >= 11 is 0. The lowest BCUT2D eigenvalue weighted by Gasteiger charge is -2.60. The van der Waals surface area contributed by atoms with Gasteiger partial charge in [-0.3, -0.25) is 4.90 Å². The van der Waals surface area contributed by atoms with E-state index in [-0.39, 0.29) is 17.2 Å². The summed E-state index contributed by atoms with van der Waals surface area (Å²) in [6, 6.07) is 0. The number of nitrogens with zero attached hydrogens (tertiary/aromatic N) is 6. The molecule has 1 N–H and O–H groups in total. The second-order valence-corrected chi connectivity index (χ2v) is 10.7. The van der Waals surface area contributed by atoms with Gasteiger partial charge in [-0.2, -0.15) is 18.3 Å². The van der Waals surface area contributed by atoms with Crippen molar-refractivity contribution in [2.24, 2.45) is 5.41 Å². The Morgan fingerprint density at radius 2 is 1.81 bits per heavy atom. The summed E-state index contributed by atoms with van der Waals surface area (Å²) in [5, 5.41) is 4.80. The highest BCUT2D eigenvalue weighted by Gasteiger charge is 2.54. The fourth-order valence-electron chi connectivity index (χ4n) is 6.01. The first-order chi connectivity index (χ1) is 17.0. The zero-order valence-corrected chi connectivity index (χ0v) is 20.5. The molecule has 7 nitrogen and oxygen atoms in total. The van der Waals surface area contributed by atoms with E-state index in [0.717, 1.165) is 33.6 Å². The Morgan fingerprint density at radius 3 is 2.47 bits per heavy atom. The van der Waals surface area contributed by atoms with Gasteiger partial charge in [0.25, 0.3) is 0 Å². The van der Waals surface area contributed by atoms with Crippen LogP contribution in [0, 0.1) is 25.1 Å². The van der Waals surface area contributed by atoms with E-state index in [4.69, 9.17) is 0 Å². The van der Waals surface area contributed by atoms with Gasteiger partial charge in [0.2, 0.25) is 0 Å². The monoisotopic (exact) mass is 501 g/mol. The van der Waals surface area contributed by atoms with Crippen LogP contribution in [0.25, 0.3) is 27.8 Å². The Morgan fingerprint density at radius 1 is 1.08 bits per heavy atom. The summed E-state index contributed by atoms with van der Waals surface area (Å²) in [5.41, 5.74) is 5.85. The first-order valence-corrected chi connectivity index (χ1v) is 12.0. The van der Waals surface area contributed by atoms with Crippen LogP contribution < -0.4 is 4.90 Å². The number of hydrogen-bond donors (Lipinski definition) is 1. The van der Waals surface area contributed by atoms with Crippen molar-refractivity contribution in [1.82, 2.24) is 29.5 Å². The third kappa shape index (κ3) is 3.47. The van der Waals surface area contributed by atoms with Gasteiger partial charge in [0, 0.05) is 48.7 Å². The minimum Gasteiger partial charge on any atom is -0.353 e. The van der Waals surface area contributed by atoms with Crippen molar-refractivity contribution in [3.8, 4) is 11.3 Å². The molecule has 0 saturated carbocycles. The lowest BCUT2D eigenvalue weighted by atomic mass is 9.73. The molecular weight excluding hydrogens is 474 g/mol. The molecule has 190 valence electrons. The van der Waals surface area contributed by atoms with Gasteiger partial charge in [-0.05, 0) is 36.5 Å². The molecule has 2 saturated heterocycles. The molecule has 0 radical (unpaired) electrons. The molecule has 2 aliphatic rings. The van der Waals surface area contributed by atoms with Gasteiger partial charge in [-0.1, -0.05) is 13.8 Å². The Kier molecular flexibility index (Phi) is 4.93. The van der Waals surface area contributed by atoms with Gasteiger partial charge >= 0.3 is 6.18 Å². The van der Waals surface area contributed by atoms with E-state index in [2.05, 4.69) is 20.1 Å². The predicted octanol–water partition coefficient (Wildman–Crippen LogP) is 4.84. The molecule has 0 aliphatic carbocycles. The highest BCUT2D eigenvalue weighted by atomic mass is 19.4. The molecule has 1 spiro atoms. The summed E-state index contributed by atoms with van der Waals surface area (Å²) in [4.78, 5) is 15.4. The predicted molar refractivity (Wildman–Crippen MR) is 129 cm³/mol. The van der Waals surface area contributed by atoms with Crippen molar-refractivity contribution in [2.75, 3.05) is 37.6 Å². The molecule has 4 aromatic heterocycles. The van der Waals surface area contributed by atoms with E-state index in [9.17, 15) is 13.2 Å². The SMILES string of the molecule is Cc1c(-c2[nH]c3cnc(N4CC5(CN(CC(F)(F)F)C5)C4)c(F)c3c2C(C)C)cn2ncnc2c1C. The summed E-state index contributed by atoms with van der Waals surface area (Å²) in [5.74, 6) is -0.111. The van der Waals surface area contributed by atoms with Crippen LogP contribution in [0.5, 0.6) is 0 Å². The molecule has 2 aliphatic heterocycles. The average Bonchev–Trinajstić information content (AvgIpc) is 3.36. The van der Waals surface area contributed by atoms with Crippen molar-refractivity contribution < 1.29 is 17.6 Å². The number of aromatic nitrogens is 5. The van der Waals surface area contributed by atoms with E-state index >= 15 is 4.39 Å². The van der Waals surface area contributed by atoms with E-state index in [1.54, 1.807) is 10.7 Å². The second-order valence-electron chi connectivity index (χ2n) is 10.7. The fourth-order valence-corrected chi connectivity index (χ4v) is 6.01. The molecule has 0 amide bonds. The van der Waals surface area contributed by atoms with E-state index < -0.39 is 18.5 Å². The Balaban J connectivity index is 1.36. The number of H-pyrrole nitrogens is 1. The Hall–Kier alpha value is -3.21. The quantitative estimate of drug-likeness (QED) is 0.406. The zero-order chi connectivity index (χ0) is 25.6. The number of alkyl halides is 3. The summed E-state index contributed by atoms with van der Waals surface area (Å²) in [6.07, 6.45) is 0.885. The Bertz CT molecular complexity index is 1490. The van der Waals surface area contributed by atoms with Crippen LogP contribution in [-0.2, 0) is 0 Å². The molecule has 0 atom stereocenters. The van der Waals surface area contributed by atoms with Crippen molar-refractivity contribution in [1.29, 1.82) is 0 Å². The number of likely N-dealkylation sites (tertiary alicyclic amines) is 1. The molecule has 6 heterocycles. The van der Waals surface area contributed by atoms with Crippen LogP contribution in [0.15, 0.2) is 18.7 Å². The maximum atomic E-state index is 16.0. The second kappa shape index (κ2) is 7.64. The lowest BCUT2D eigenvalue weighted by Crippen LogP contribution is -2.73. The molecule has 0 unspecified atom stereocenters. The number of anilines is 1. The fraction of sp³-hybridized carbons (Fsp3) is 0.480. The number of rotatable bonds is 4. The number of halogens is 4. The van der Waals surface area contributed by atoms with Crippen LogP contribution in [-0.4, -0.2) is 68.4 Å². The van der Waals surface area contributed by atoms with Crippen molar-refractivity contribution in [2.45, 2.75) is 39.8 Å². The molecule has 0 aromatic carbocycles. The molecule has 6 rings (SSSR count). The normalized spacial score (nSPS) is 18.0. The van der Waals surface area contributed by atoms with Gasteiger partial charge in [-0.25, -0.2) is 18.9 Å². The molecule has 4 aromatic rings. The molecule has 36 heavy (non-hydrogen) atoms. The van der Waals surface area contributed by atoms with Crippen molar-refractivity contribution in [3.05, 3.63) is 41.2 Å². The van der Waals surface area contributed by atoms with E-state index in [1.807, 2.05) is 38.8 Å². The van der Waals surface area contributed by atoms with Crippen LogP contribution in [0.4, 0.5) is 23.4 Å². The number of aromatic amines is 1. The Labute approximate surface area is 205 Å². The molecule has 11 heteroatoms. The first kappa shape index (κ1) is 23.2. The van der Waals surface area contributed by atoms with Crippen LogP contribution in [0.3, 0.4) is 0 Å². The molecule has 2 fully saturated rings. The van der Waals surface area contributed by atoms with E-state index in [1.165, 1.54) is 11.2 Å². The summed E-state index contributed by atoms with van der Waals surface area (Å²) in [7, 11) is 0. The number of pyridine rings is 2. The summed E-state index contributed by atoms with van der Waals surface area (Å²) in [6.45, 7) is 8.96. The van der Waals surface area contributed by atoms with Gasteiger partial charge in [0.1, 0.15) is 6.33 Å². The maximum Gasteiger partial charge on any atom is 0.401 e. The summed E-state index contributed by atoms with van der Waals surface area (Å²) < 4.78 is 55.7. The highest BCUT2D eigenvalue weighted by molar-refractivity contribution is 5.94. The van der Waals surface area contributed by atoms with Crippen LogP contribution >= 0.6 is 0 Å². The van der Waals surface area contributed by atoms with Gasteiger partial charge in [-0.15, -0.1) is 0 Å². The largest absolute Gasteiger partial charge is 0.401 e. The molecular formula is C25H27F4N7. The highest BCUT2D eigenvalue weighted by Crippen LogP contribution is 2.45. The topological polar surface area (TPSA) is 65.4 Å². The number of nitrogens with one attached hydrogen (secondary N) is 1. The van der Waals surface area contributed by atoms with Gasteiger partial charge < -0.3 is 9.88 Å². The van der Waals surface area contributed by atoms with E-state index in [0.29, 0.717) is 37.1 Å². The van der Waals surface area contributed by atoms with Gasteiger partial charge in [0.05, 0.1) is 24.0 Å². The third-order valence-electron chi connectivity index (χ3n) is 7.65. The van der Waals surface area contributed by atoms with Crippen LogP contribution in [0.2, 0.25) is 0 Å². The van der Waals surface area contributed by atoms with Crippen molar-refractivity contribution >= 4 is 22.4 Å². The maximum absolute atomic E-state index is 16.0.